The van der Waals surface area contributed by atoms with Crippen LogP contribution in [-0.2, 0) is 24.1 Å². The molecule has 7 nitrogen and oxygen atoms in total. The number of nitrogens with zero attached hydrogens (tertiary/aromatic N) is 5. The van der Waals surface area contributed by atoms with Gasteiger partial charge in [0.1, 0.15) is 11.5 Å². The van der Waals surface area contributed by atoms with Crippen LogP contribution in [0.5, 0.6) is 0 Å². The summed E-state index contributed by atoms with van der Waals surface area (Å²) in [7, 11) is 0. The van der Waals surface area contributed by atoms with Crippen LogP contribution in [0.15, 0.2) is 48.7 Å². The number of hydrogen-bond acceptors (Lipinski definition) is 4. The van der Waals surface area contributed by atoms with Crippen molar-refractivity contribution in [2.45, 2.75) is 25.7 Å². The van der Waals surface area contributed by atoms with E-state index in [2.05, 4.69) is 10.1 Å². The zero-order valence-corrected chi connectivity index (χ0v) is 17.7. The SMILES string of the molecule is O=C(Cc1ccccn1)N1CCN(C(=O)c2nn(-c3ccccc3F)c3c2CCC3)CC1. The zero-order chi connectivity index (χ0) is 22.1. The Morgan fingerprint density at radius 3 is 2.44 bits per heavy atom. The van der Waals surface area contributed by atoms with Crippen molar-refractivity contribution < 1.29 is 14.0 Å². The molecule has 1 aliphatic carbocycles. The van der Waals surface area contributed by atoms with Gasteiger partial charge in [0.15, 0.2) is 5.69 Å². The molecule has 1 saturated heterocycles. The van der Waals surface area contributed by atoms with Crippen molar-refractivity contribution in [2.75, 3.05) is 26.2 Å². The monoisotopic (exact) mass is 433 g/mol. The average Bonchev–Trinajstić information content (AvgIpc) is 3.43. The molecule has 0 N–H and O–H groups in total. The number of halogens is 1. The van der Waals surface area contributed by atoms with Gasteiger partial charge in [-0.3, -0.25) is 14.6 Å². The number of piperazine rings is 1. The highest BCUT2D eigenvalue weighted by Gasteiger charge is 2.32. The maximum atomic E-state index is 14.4. The van der Waals surface area contributed by atoms with E-state index in [0.29, 0.717) is 37.6 Å². The molecule has 0 atom stereocenters. The summed E-state index contributed by atoms with van der Waals surface area (Å²) in [6, 6.07) is 12.0. The van der Waals surface area contributed by atoms with Gasteiger partial charge in [0, 0.05) is 49.3 Å². The number of carbonyl (C=O) groups is 2. The van der Waals surface area contributed by atoms with Gasteiger partial charge >= 0.3 is 0 Å². The highest BCUT2D eigenvalue weighted by molar-refractivity contribution is 5.94. The van der Waals surface area contributed by atoms with Gasteiger partial charge in [-0.25, -0.2) is 9.07 Å². The van der Waals surface area contributed by atoms with Gasteiger partial charge in [0.25, 0.3) is 5.91 Å². The van der Waals surface area contributed by atoms with Gasteiger partial charge in [0.05, 0.1) is 6.42 Å². The van der Waals surface area contributed by atoms with E-state index in [0.717, 1.165) is 36.2 Å². The quantitative estimate of drug-likeness (QED) is 0.634. The van der Waals surface area contributed by atoms with Crippen molar-refractivity contribution in [1.82, 2.24) is 24.6 Å². The maximum absolute atomic E-state index is 14.4. The van der Waals surface area contributed by atoms with Crippen LogP contribution in [0.2, 0.25) is 0 Å². The first-order valence-corrected chi connectivity index (χ1v) is 10.9. The largest absolute Gasteiger partial charge is 0.339 e. The molecule has 164 valence electrons. The molecular formula is C24H24FN5O2. The molecule has 3 aromatic rings. The van der Waals surface area contributed by atoms with E-state index in [4.69, 9.17) is 0 Å². The molecule has 0 bridgehead atoms. The number of fused-ring (bicyclic) bond motifs is 1. The summed E-state index contributed by atoms with van der Waals surface area (Å²) in [5, 5.41) is 4.54. The summed E-state index contributed by atoms with van der Waals surface area (Å²) < 4.78 is 16.0. The molecule has 0 radical (unpaired) electrons. The number of carbonyl (C=O) groups excluding carboxylic acids is 2. The highest BCUT2D eigenvalue weighted by Crippen LogP contribution is 2.29. The Hall–Kier alpha value is -3.55. The summed E-state index contributed by atoms with van der Waals surface area (Å²) in [5.41, 5.74) is 3.36. The van der Waals surface area contributed by atoms with E-state index in [9.17, 15) is 14.0 Å². The van der Waals surface area contributed by atoms with Crippen LogP contribution in [0.25, 0.3) is 5.69 Å². The lowest BCUT2D eigenvalue weighted by Gasteiger charge is -2.34. The van der Waals surface area contributed by atoms with Gasteiger partial charge in [-0.15, -0.1) is 0 Å². The maximum Gasteiger partial charge on any atom is 0.274 e. The minimum atomic E-state index is -0.358. The fourth-order valence-corrected chi connectivity index (χ4v) is 4.51. The van der Waals surface area contributed by atoms with Crippen LogP contribution in [-0.4, -0.2) is 62.6 Å². The van der Waals surface area contributed by atoms with Gasteiger partial charge in [-0.2, -0.15) is 5.10 Å². The molecule has 1 aliphatic heterocycles. The number of amides is 2. The first-order chi connectivity index (χ1) is 15.6. The third-order valence-corrected chi connectivity index (χ3v) is 6.19. The molecule has 32 heavy (non-hydrogen) atoms. The second kappa shape index (κ2) is 8.53. The minimum absolute atomic E-state index is 0.0144. The summed E-state index contributed by atoms with van der Waals surface area (Å²) in [4.78, 5) is 33.6. The molecule has 8 heteroatoms. The Balaban J connectivity index is 1.29. The van der Waals surface area contributed by atoms with Crippen molar-refractivity contribution in [3.05, 3.63) is 77.1 Å². The van der Waals surface area contributed by atoms with Gasteiger partial charge in [0.2, 0.25) is 5.91 Å². The van der Waals surface area contributed by atoms with E-state index >= 15 is 0 Å². The van der Waals surface area contributed by atoms with Gasteiger partial charge in [-0.1, -0.05) is 18.2 Å². The molecule has 2 amide bonds. The summed E-state index contributed by atoms with van der Waals surface area (Å²) in [5.74, 6) is -0.487. The van der Waals surface area contributed by atoms with Crippen LogP contribution < -0.4 is 0 Å². The average molecular weight is 433 g/mol. The van der Waals surface area contributed by atoms with Crippen LogP contribution in [0, 0.1) is 5.82 Å². The third-order valence-electron chi connectivity index (χ3n) is 6.19. The third kappa shape index (κ3) is 3.77. The Bertz CT molecular complexity index is 1150. The first kappa shape index (κ1) is 20.4. The van der Waals surface area contributed by atoms with Crippen molar-refractivity contribution in [2.24, 2.45) is 0 Å². The van der Waals surface area contributed by atoms with E-state index < -0.39 is 0 Å². The molecule has 5 rings (SSSR count). The number of rotatable bonds is 4. The number of pyridine rings is 1. The molecule has 2 aliphatic rings. The predicted molar refractivity (Wildman–Crippen MR) is 116 cm³/mol. The molecule has 0 saturated carbocycles. The van der Waals surface area contributed by atoms with Crippen molar-refractivity contribution >= 4 is 11.8 Å². The lowest BCUT2D eigenvalue weighted by molar-refractivity contribution is -0.132. The zero-order valence-electron chi connectivity index (χ0n) is 17.7. The van der Waals surface area contributed by atoms with Crippen molar-refractivity contribution in [1.29, 1.82) is 0 Å². The minimum Gasteiger partial charge on any atom is -0.339 e. The number of para-hydroxylation sites is 1. The second-order valence-electron chi connectivity index (χ2n) is 8.16. The topological polar surface area (TPSA) is 71.3 Å². The predicted octanol–water partition coefficient (Wildman–Crippen LogP) is 2.42. The van der Waals surface area contributed by atoms with Gasteiger partial charge in [-0.05, 0) is 43.5 Å². The summed E-state index contributed by atoms with van der Waals surface area (Å²) in [6.45, 7) is 1.86. The first-order valence-electron chi connectivity index (χ1n) is 10.9. The van der Waals surface area contributed by atoms with E-state index in [1.165, 1.54) is 6.07 Å². The van der Waals surface area contributed by atoms with E-state index in [1.807, 2.05) is 18.2 Å². The molecule has 0 spiro atoms. The van der Waals surface area contributed by atoms with Crippen molar-refractivity contribution in [3.8, 4) is 5.69 Å². The van der Waals surface area contributed by atoms with E-state index in [1.54, 1.807) is 38.9 Å². The lowest BCUT2D eigenvalue weighted by atomic mass is 10.1. The van der Waals surface area contributed by atoms with E-state index in [-0.39, 0.29) is 24.1 Å². The van der Waals surface area contributed by atoms with Crippen LogP contribution in [0.1, 0.15) is 33.9 Å². The normalized spacial score (nSPS) is 15.7. The molecule has 1 aromatic carbocycles. The number of benzene rings is 1. The lowest BCUT2D eigenvalue weighted by Crippen LogP contribution is -2.51. The molecule has 3 heterocycles. The van der Waals surface area contributed by atoms with Crippen LogP contribution in [0.4, 0.5) is 4.39 Å². The molecule has 0 unspecified atom stereocenters. The Morgan fingerprint density at radius 1 is 0.938 bits per heavy atom. The van der Waals surface area contributed by atoms with Crippen molar-refractivity contribution in [3.63, 3.8) is 0 Å². The number of aromatic nitrogens is 3. The fraction of sp³-hybridized carbons (Fsp3) is 0.333. The Kier molecular flexibility index (Phi) is 5.43. The Labute approximate surface area is 185 Å². The van der Waals surface area contributed by atoms with Gasteiger partial charge < -0.3 is 9.80 Å². The van der Waals surface area contributed by atoms with Crippen LogP contribution >= 0.6 is 0 Å². The summed E-state index contributed by atoms with van der Waals surface area (Å²) >= 11 is 0. The Morgan fingerprint density at radius 2 is 1.69 bits per heavy atom. The molecular weight excluding hydrogens is 409 g/mol. The smallest absolute Gasteiger partial charge is 0.274 e. The summed E-state index contributed by atoms with van der Waals surface area (Å²) in [6.07, 6.45) is 4.41. The standard InChI is InChI=1S/C24H24FN5O2/c25-19-8-1-2-9-21(19)30-20-10-5-7-18(20)23(27-30)24(32)29-14-12-28(13-15-29)22(31)16-17-6-3-4-11-26-17/h1-4,6,8-9,11H,5,7,10,12-16H2. The second-order valence-corrected chi connectivity index (χ2v) is 8.16. The molecule has 1 fully saturated rings. The van der Waals surface area contributed by atoms with Crippen LogP contribution in [0.3, 0.4) is 0 Å². The number of hydrogen-bond donors (Lipinski definition) is 0. The fourth-order valence-electron chi connectivity index (χ4n) is 4.51. The molecule has 2 aromatic heterocycles. The highest BCUT2D eigenvalue weighted by atomic mass is 19.1.